The van der Waals surface area contributed by atoms with Crippen molar-refractivity contribution in [3.8, 4) is 11.5 Å². The molecule has 0 bridgehead atoms. The number of anilines is 1. The number of benzene rings is 2. The lowest BCUT2D eigenvalue weighted by atomic mass is 9.73. The molecule has 30 heavy (non-hydrogen) atoms. The number of ether oxygens (including phenoxy) is 2. The van der Waals surface area contributed by atoms with E-state index in [0.29, 0.717) is 17.9 Å². The first kappa shape index (κ1) is 18.7. The van der Waals surface area contributed by atoms with Gasteiger partial charge in [0, 0.05) is 24.5 Å². The van der Waals surface area contributed by atoms with E-state index >= 15 is 0 Å². The highest BCUT2D eigenvalue weighted by Crippen LogP contribution is 2.44. The van der Waals surface area contributed by atoms with E-state index in [-0.39, 0.29) is 17.2 Å². The number of aromatic amines is 1. The molecule has 0 spiro atoms. The van der Waals surface area contributed by atoms with Gasteiger partial charge in [0.15, 0.2) is 5.78 Å². The Morgan fingerprint density at radius 1 is 1.03 bits per heavy atom. The number of imidazole rings is 1. The van der Waals surface area contributed by atoms with E-state index in [9.17, 15) is 4.79 Å². The molecule has 5 rings (SSSR count). The summed E-state index contributed by atoms with van der Waals surface area (Å²) in [6.45, 7) is 4.29. The van der Waals surface area contributed by atoms with Gasteiger partial charge in [0.2, 0.25) is 0 Å². The van der Waals surface area contributed by atoms with E-state index < -0.39 is 0 Å². The van der Waals surface area contributed by atoms with Crippen molar-refractivity contribution in [3.05, 3.63) is 59.3 Å². The number of carbonyl (C=O) groups is 1. The summed E-state index contributed by atoms with van der Waals surface area (Å²) < 4.78 is 13.2. The van der Waals surface area contributed by atoms with Crippen LogP contribution in [0.3, 0.4) is 0 Å². The molecule has 154 valence electrons. The monoisotopic (exact) mass is 404 g/mol. The molecular formula is C24H26N3O3+. The summed E-state index contributed by atoms with van der Waals surface area (Å²) in [5.41, 5.74) is 4.77. The van der Waals surface area contributed by atoms with Crippen LogP contribution in [0.2, 0.25) is 0 Å². The quantitative estimate of drug-likeness (QED) is 0.644. The first-order chi connectivity index (χ1) is 14.4. The van der Waals surface area contributed by atoms with Gasteiger partial charge in [0.1, 0.15) is 28.6 Å². The number of H-pyrrole nitrogens is 1. The Balaban J connectivity index is 1.80. The van der Waals surface area contributed by atoms with Crippen molar-refractivity contribution < 1.29 is 18.8 Å². The van der Waals surface area contributed by atoms with Gasteiger partial charge in [-0.25, -0.2) is 14.9 Å². The zero-order valence-corrected chi connectivity index (χ0v) is 17.7. The summed E-state index contributed by atoms with van der Waals surface area (Å²) in [4.78, 5) is 16.9. The number of methoxy groups -OCH3 is 2. The van der Waals surface area contributed by atoms with Gasteiger partial charge in [-0.05, 0) is 29.7 Å². The van der Waals surface area contributed by atoms with Crippen molar-refractivity contribution in [2.75, 3.05) is 19.5 Å². The number of aromatic nitrogens is 2. The first-order valence-electron chi connectivity index (χ1n) is 10.2. The molecule has 1 aliphatic carbocycles. The lowest BCUT2D eigenvalue weighted by Crippen LogP contribution is -2.50. The number of nitrogens with one attached hydrogen (secondary N) is 2. The molecule has 2 N–H and O–H groups in total. The van der Waals surface area contributed by atoms with Crippen LogP contribution in [-0.4, -0.2) is 25.0 Å². The van der Waals surface area contributed by atoms with Crippen LogP contribution in [0.15, 0.2) is 53.7 Å². The number of ketones is 1. The van der Waals surface area contributed by atoms with Gasteiger partial charge < -0.3 is 9.47 Å². The molecule has 0 fully saturated rings. The molecule has 1 aliphatic heterocycles. The number of nitrogens with zero attached hydrogens (tertiary/aromatic N) is 1. The maximum atomic E-state index is 13.4. The number of hydrogen-bond donors (Lipinski definition) is 2. The highest BCUT2D eigenvalue weighted by molar-refractivity contribution is 5.99. The van der Waals surface area contributed by atoms with Crippen LogP contribution >= 0.6 is 0 Å². The second-order valence-electron chi connectivity index (χ2n) is 8.87. The fourth-order valence-electron chi connectivity index (χ4n) is 4.80. The molecule has 2 aliphatic rings. The van der Waals surface area contributed by atoms with Gasteiger partial charge in [-0.2, -0.15) is 0 Å². The van der Waals surface area contributed by atoms with Crippen molar-refractivity contribution >= 4 is 22.8 Å². The lowest BCUT2D eigenvalue weighted by Gasteiger charge is -2.35. The number of allylic oxidation sites excluding steroid dienone is 2. The summed E-state index contributed by atoms with van der Waals surface area (Å²) in [7, 11) is 3.29. The first-order valence-corrected chi connectivity index (χ1v) is 10.2. The van der Waals surface area contributed by atoms with Crippen molar-refractivity contribution in [3.63, 3.8) is 0 Å². The van der Waals surface area contributed by atoms with Crippen LogP contribution in [0.1, 0.15) is 38.3 Å². The van der Waals surface area contributed by atoms with E-state index in [0.717, 1.165) is 40.2 Å². The zero-order valence-electron chi connectivity index (χ0n) is 17.7. The maximum Gasteiger partial charge on any atom is 0.361 e. The number of rotatable bonds is 3. The highest BCUT2D eigenvalue weighted by atomic mass is 16.5. The Kier molecular flexibility index (Phi) is 4.13. The van der Waals surface area contributed by atoms with Crippen molar-refractivity contribution in [1.29, 1.82) is 0 Å². The molecule has 6 nitrogen and oxygen atoms in total. The van der Waals surface area contributed by atoms with E-state index in [4.69, 9.17) is 9.47 Å². The average molecular weight is 404 g/mol. The van der Waals surface area contributed by atoms with Crippen molar-refractivity contribution in [2.45, 2.75) is 32.7 Å². The minimum atomic E-state index is -0.264. The molecule has 0 saturated carbocycles. The number of hydrogen-bond acceptors (Lipinski definition) is 4. The molecule has 0 saturated heterocycles. The van der Waals surface area contributed by atoms with Crippen LogP contribution in [-0.2, 0) is 4.79 Å². The summed E-state index contributed by atoms with van der Waals surface area (Å²) in [6.07, 6.45) is 1.35. The Labute approximate surface area is 175 Å². The van der Waals surface area contributed by atoms with Crippen molar-refractivity contribution in [1.82, 2.24) is 4.98 Å². The number of carbonyl (C=O) groups excluding carboxylic acids is 1. The van der Waals surface area contributed by atoms with E-state index in [2.05, 4.69) is 40.8 Å². The third kappa shape index (κ3) is 2.86. The molecule has 0 amide bonds. The second kappa shape index (κ2) is 6.62. The second-order valence-corrected chi connectivity index (χ2v) is 8.87. The number of fused-ring (bicyclic) bond motifs is 3. The van der Waals surface area contributed by atoms with E-state index in [1.54, 1.807) is 14.2 Å². The average Bonchev–Trinajstić information content (AvgIpc) is 3.08. The standard InChI is InChI=1S/C24H25N3O3/c1-24(2)12-18-21(20(28)13-24)22(14-9-15(29-3)11-16(10-14)30-4)27-19-8-6-5-7-17(19)25-23(27)26-18/h5-11,22H,12-13H2,1-4H3,(H,25,26,28)/p+1. The molecule has 1 aromatic heterocycles. The summed E-state index contributed by atoms with van der Waals surface area (Å²) >= 11 is 0. The van der Waals surface area contributed by atoms with Gasteiger partial charge in [0.05, 0.1) is 25.5 Å². The van der Waals surface area contributed by atoms with Crippen LogP contribution in [0.5, 0.6) is 11.5 Å². The van der Waals surface area contributed by atoms with Gasteiger partial charge in [0.25, 0.3) is 0 Å². The van der Waals surface area contributed by atoms with Crippen LogP contribution in [0.25, 0.3) is 11.0 Å². The van der Waals surface area contributed by atoms with Crippen molar-refractivity contribution in [2.24, 2.45) is 5.41 Å². The molecule has 3 aromatic rings. The van der Waals surface area contributed by atoms with Gasteiger partial charge >= 0.3 is 5.95 Å². The molecular weight excluding hydrogens is 378 g/mol. The van der Waals surface area contributed by atoms with E-state index in [1.165, 1.54) is 0 Å². The predicted molar refractivity (Wildman–Crippen MR) is 115 cm³/mol. The van der Waals surface area contributed by atoms with Gasteiger partial charge in [-0.1, -0.05) is 26.0 Å². The normalized spacial score (nSPS) is 19.9. The molecule has 6 heteroatoms. The zero-order chi connectivity index (χ0) is 21.0. The third-order valence-electron chi connectivity index (χ3n) is 6.07. The minimum absolute atomic E-state index is 0.0757. The van der Waals surface area contributed by atoms with Gasteiger partial charge in [-0.15, -0.1) is 0 Å². The summed E-state index contributed by atoms with van der Waals surface area (Å²) in [6, 6.07) is 13.7. The molecule has 2 aromatic carbocycles. The van der Waals surface area contributed by atoms with Gasteiger partial charge in [-0.3, -0.25) is 4.79 Å². The summed E-state index contributed by atoms with van der Waals surface area (Å²) in [5, 5.41) is 3.54. The number of para-hydroxylation sites is 2. The molecule has 1 unspecified atom stereocenters. The number of Topliss-reactive ketones (excluding diaryl/α,β-unsaturated/α-hetero) is 1. The smallest absolute Gasteiger partial charge is 0.361 e. The molecule has 1 atom stereocenters. The lowest BCUT2D eigenvalue weighted by molar-refractivity contribution is -0.666. The van der Waals surface area contributed by atoms with Crippen LogP contribution in [0, 0.1) is 5.41 Å². The summed E-state index contributed by atoms with van der Waals surface area (Å²) in [5.74, 6) is 2.47. The highest BCUT2D eigenvalue weighted by Gasteiger charge is 2.45. The fraction of sp³-hybridized carbons (Fsp3) is 0.333. The molecule has 2 heterocycles. The fourth-order valence-corrected chi connectivity index (χ4v) is 4.80. The third-order valence-corrected chi connectivity index (χ3v) is 6.07. The Bertz CT molecular complexity index is 1180. The van der Waals surface area contributed by atoms with Crippen LogP contribution < -0.4 is 19.4 Å². The van der Waals surface area contributed by atoms with E-state index in [1.807, 2.05) is 30.3 Å². The predicted octanol–water partition coefficient (Wildman–Crippen LogP) is 4.13. The maximum absolute atomic E-state index is 13.4. The van der Waals surface area contributed by atoms with Crippen LogP contribution in [0.4, 0.5) is 5.95 Å². The Hall–Kier alpha value is -3.28. The SMILES string of the molecule is COc1cc(OC)cc(C2C3=C(CC(C)(C)CC3=O)Nc3[nH]c4ccccc4[n+]32)c1. The Morgan fingerprint density at radius 3 is 2.43 bits per heavy atom. The minimum Gasteiger partial charge on any atom is -0.497 e. The largest absolute Gasteiger partial charge is 0.497 e. The molecule has 0 radical (unpaired) electrons. The Morgan fingerprint density at radius 2 is 1.73 bits per heavy atom. The topological polar surface area (TPSA) is 67.2 Å².